The molecule has 14 heavy (non-hydrogen) atoms. The van der Waals surface area contributed by atoms with E-state index in [0.717, 1.165) is 17.9 Å². The summed E-state index contributed by atoms with van der Waals surface area (Å²) in [6.45, 7) is 7.03. The van der Waals surface area contributed by atoms with Crippen molar-refractivity contribution in [3.63, 3.8) is 0 Å². The lowest BCUT2D eigenvalue weighted by atomic mass is 9.88. The average molecular weight is 192 g/mol. The maximum Gasteiger partial charge on any atom is 0.231 e. The lowest BCUT2D eigenvalue weighted by Gasteiger charge is -2.18. The predicted octanol–water partition coefficient (Wildman–Crippen LogP) is 3.00. The first kappa shape index (κ1) is 9.38. The van der Waals surface area contributed by atoms with Crippen LogP contribution < -0.4 is 9.47 Å². The number of para-hydroxylation sites is 1. The highest BCUT2D eigenvalue weighted by Gasteiger charge is 2.20. The highest BCUT2D eigenvalue weighted by Crippen LogP contribution is 2.38. The van der Waals surface area contributed by atoms with Crippen LogP contribution in [0.4, 0.5) is 0 Å². The molecular weight excluding hydrogens is 176 g/mol. The maximum absolute atomic E-state index is 5.45. The molecule has 0 amide bonds. The molecule has 1 aromatic rings. The molecule has 2 rings (SSSR count). The smallest absolute Gasteiger partial charge is 0.231 e. The van der Waals surface area contributed by atoms with Crippen molar-refractivity contribution in [1.29, 1.82) is 0 Å². The maximum atomic E-state index is 5.45. The van der Waals surface area contributed by atoms with Crippen LogP contribution in [0.1, 0.15) is 26.3 Å². The van der Waals surface area contributed by atoms with Gasteiger partial charge in [-0.25, -0.2) is 0 Å². The second-order valence-corrected chi connectivity index (χ2v) is 4.89. The fraction of sp³-hybridized carbons (Fsp3) is 0.500. The molecule has 1 aliphatic heterocycles. The summed E-state index contributed by atoms with van der Waals surface area (Å²) < 4.78 is 10.8. The third kappa shape index (κ3) is 1.84. The SMILES string of the molecule is CC(C)(C)Cc1cccc2c1OCO2. The molecule has 0 saturated carbocycles. The first-order valence-electron chi connectivity index (χ1n) is 4.94. The minimum absolute atomic E-state index is 0.279. The zero-order chi connectivity index (χ0) is 10.2. The fourth-order valence-corrected chi connectivity index (χ4v) is 1.70. The summed E-state index contributed by atoms with van der Waals surface area (Å²) >= 11 is 0. The van der Waals surface area contributed by atoms with Crippen molar-refractivity contribution in [2.24, 2.45) is 5.41 Å². The Labute approximate surface area is 84.8 Å². The monoisotopic (exact) mass is 192 g/mol. The molecular formula is C12H16O2. The van der Waals surface area contributed by atoms with E-state index in [1.54, 1.807) is 0 Å². The molecule has 0 radical (unpaired) electrons. The van der Waals surface area contributed by atoms with Crippen molar-refractivity contribution in [1.82, 2.24) is 0 Å². The van der Waals surface area contributed by atoms with Crippen LogP contribution in [0.2, 0.25) is 0 Å². The summed E-state index contributed by atoms with van der Waals surface area (Å²) in [6, 6.07) is 6.09. The Morgan fingerprint density at radius 1 is 1.21 bits per heavy atom. The van der Waals surface area contributed by atoms with Gasteiger partial charge in [0.2, 0.25) is 6.79 Å². The van der Waals surface area contributed by atoms with E-state index in [-0.39, 0.29) is 5.41 Å². The van der Waals surface area contributed by atoms with Crippen LogP contribution in [-0.4, -0.2) is 6.79 Å². The highest BCUT2D eigenvalue weighted by atomic mass is 16.7. The van der Waals surface area contributed by atoms with E-state index in [2.05, 4.69) is 26.8 Å². The first-order valence-corrected chi connectivity index (χ1v) is 4.94. The average Bonchev–Trinajstić information content (AvgIpc) is 2.49. The van der Waals surface area contributed by atoms with Gasteiger partial charge in [-0.1, -0.05) is 32.9 Å². The Kier molecular flexibility index (Phi) is 2.14. The lowest BCUT2D eigenvalue weighted by Crippen LogP contribution is -2.09. The second kappa shape index (κ2) is 3.19. The van der Waals surface area contributed by atoms with Crippen LogP contribution in [0, 0.1) is 5.41 Å². The topological polar surface area (TPSA) is 18.5 Å². The molecule has 2 heteroatoms. The van der Waals surface area contributed by atoms with Crippen molar-refractivity contribution >= 4 is 0 Å². The van der Waals surface area contributed by atoms with Crippen molar-refractivity contribution in [3.8, 4) is 11.5 Å². The lowest BCUT2D eigenvalue weighted by molar-refractivity contribution is 0.172. The minimum atomic E-state index is 0.279. The largest absolute Gasteiger partial charge is 0.454 e. The zero-order valence-electron chi connectivity index (χ0n) is 8.96. The summed E-state index contributed by atoms with van der Waals surface area (Å²) in [7, 11) is 0. The van der Waals surface area contributed by atoms with Gasteiger partial charge in [0.05, 0.1) is 0 Å². The molecule has 2 nitrogen and oxygen atoms in total. The molecule has 0 fully saturated rings. The van der Waals surface area contributed by atoms with E-state index < -0.39 is 0 Å². The molecule has 0 spiro atoms. The van der Waals surface area contributed by atoms with E-state index in [9.17, 15) is 0 Å². The molecule has 0 unspecified atom stereocenters. The summed E-state index contributed by atoms with van der Waals surface area (Å²) in [5.74, 6) is 1.81. The van der Waals surface area contributed by atoms with E-state index in [4.69, 9.17) is 9.47 Å². The normalized spacial score (nSPS) is 14.5. The summed E-state index contributed by atoms with van der Waals surface area (Å²) in [6.07, 6.45) is 1.01. The Balaban J connectivity index is 2.31. The predicted molar refractivity (Wildman–Crippen MR) is 55.7 cm³/mol. The number of rotatable bonds is 1. The number of ether oxygens (including phenoxy) is 2. The van der Waals surface area contributed by atoms with E-state index in [1.165, 1.54) is 5.56 Å². The quantitative estimate of drug-likeness (QED) is 0.681. The minimum Gasteiger partial charge on any atom is -0.454 e. The molecule has 0 bridgehead atoms. The summed E-state index contributed by atoms with van der Waals surface area (Å²) in [4.78, 5) is 0. The third-order valence-corrected chi connectivity index (χ3v) is 2.20. The second-order valence-electron chi connectivity index (χ2n) is 4.89. The van der Waals surface area contributed by atoms with Crippen LogP contribution in [-0.2, 0) is 6.42 Å². The fourth-order valence-electron chi connectivity index (χ4n) is 1.70. The standard InChI is InChI=1S/C12H16O2/c1-12(2,3)7-9-5-4-6-10-11(9)14-8-13-10/h4-6H,7-8H2,1-3H3. The van der Waals surface area contributed by atoms with Gasteiger partial charge in [-0.15, -0.1) is 0 Å². The molecule has 0 aliphatic carbocycles. The summed E-state index contributed by atoms with van der Waals surface area (Å²) in [5, 5.41) is 0. The first-order chi connectivity index (χ1) is 6.56. The van der Waals surface area contributed by atoms with E-state index in [0.29, 0.717) is 6.79 Å². The zero-order valence-corrected chi connectivity index (χ0v) is 8.96. The van der Waals surface area contributed by atoms with Gasteiger partial charge in [0.25, 0.3) is 0 Å². The summed E-state index contributed by atoms with van der Waals surface area (Å²) in [5.41, 5.74) is 1.52. The molecule has 1 heterocycles. The van der Waals surface area contributed by atoms with Crippen molar-refractivity contribution in [3.05, 3.63) is 23.8 Å². The van der Waals surface area contributed by atoms with Crippen LogP contribution in [0.25, 0.3) is 0 Å². The van der Waals surface area contributed by atoms with Crippen LogP contribution >= 0.6 is 0 Å². The Morgan fingerprint density at radius 3 is 2.71 bits per heavy atom. The van der Waals surface area contributed by atoms with Gasteiger partial charge >= 0.3 is 0 Å². The van der Waals surface area contributed by atoms with E-state index >= 15 is 0 Å². The van der Waals surface area contributed by atoms with Crippen molar-refractivity contribution in [2.75, 3.05) is 6.79 Å². The van der Waals surface area contributed by atoms with Gasteiger partial charge in [-0.2, -0.15) is 0 Å². The number of fused-ring (bicyclic) bond motifs is 1. The molecule has 76 valence electrons. The van der Waals surface area contributed by atoms with E-state index in [1.807, 2.05) is 12.1 Å². The highest BCUT2D eigenvalue weighted by molar-refractivity contribution is 5.48. The molecule has 0 aromatic heterocycles. The van der Waals surface area contributed by atoms with Gasteiger partial charge in [-0.05, 0) is 23.5 Å². The third-order valence-electron chi connectivity index (χ3n) is 2.20. The van der Waals surface area contributed by atoms with Gasteiger partial charge in [0.1, 0.15) is 0 Å². The number of hydrogen-bond acceptors (Lipinski definition) is 2. The van der Waals surface area contributed by atoms with Crippen LogP contribution in [0.3, 0.4) is 0 Å². The van der Waals surface area contributed by atoms with Crippen LogP contribution in [0.15, 0.2) is 18.2 Å². The number of hydrogen-bond donors (Lipinski definition) is 0. The van der Waals surface area contributed by atoms with Gasteiger partial charge in [0.15, 0.2) is 11.5 Å². The Bertz CT molecular complexity index is 337. The van der Waals surface area contributed by atoms with Crippen molar-refractivity contribution < 1.29 is 9.47 Å². The molecule has 0 N–H and O–H groups in total. The van der Waals surface area contributed by atoms with Gasteiger partial charge < -0.3 is 9.47 Å². The van der Waals surface area contributed by atoms with Crippen LogP contribution in [0.5, 0.6) is 11.5 Å². The molecule has 1 aromatic carbocycles. The van der Waals surface area contributed by atoms with Gasteiger partial charge in [-0.3, -0.25) is 0 Å². The molecule has 0 atom stereocenters. The van der Waals surface area contributed by atoms with Gasteiger partial charge in [0, 0.05) is 0 Å². The molecule has 1 aliphatic rings. The number of benzene rings is 1. The van der Waals surface area contributed by atoms with Crippen molar-refractivity contribution in [2.45, 2.75) is 27.2 Å². The Hall–Kier alpha value is -1.18. The Morgan fingerprint density at radius 2 is 2.00 bits per heavy atom. The molecule has 0 saturated heterocycles.